The number of aliphatic hydroxyl groups is 2. The second kappa shape index (κ2) is 9.01. The van der Waals surface area contributed by atoms with Crippen LogP contribution in [-0.4, -0.2) is 42.0 Å². The second-order valence-corrected chi connectivity index (χ2v) is 7.44. The molecule has 0 aromatic heterocycles. The first-order valence-corrected chi connectivity index (χ1v) is 10.2. The molecule has 1 atom stereocenters. The van der Waals surface area contributed by atoms with Crippen LogP contribution in [0.2, 0.25) is 0 Å². The molecule has 1 fully saturated rings. The fourth-order valence-electron chi connectivity index (χ4n) is 4.10. The molecular formula is C24H24O7. The van der Waals surface area contributed by atoms with Crippen LogP contribution in [0.5, 0.6) is 0 Å². The van der Waals surface area contributed by atoms with Crippen LogP contribution in [0.25, 0.3) is 6.08 Å². The molecule has 2 aromatic rings. The first-order chi connectivity index (χ1) is 15.1. The number of hydrogen-bond donors (Lipinski definition) is 2. The third-order valence-corrected chi connectivity index (χ3v) is 5.69. The van der Waals surface area contributed by atoms with E-state index in [1.165, 1.54) is 0 Å². The first kappa shape index (κ1) is 21.2. The molecule has 31 heavy (non-hydrogen) atoms. The predicted molar refractivity (Wildman–Crippen MR) is 111 cm³/mol. The Balaban J connectivity index is 0.000000150. The normalized spacial score (nSPS) is 17.8. The van der Waals surface area contributed by atoms with Crippen molar-refractivity contribution in [1.82, 2.24) is 0 Å². The van der Waals surface area contributed by atoms with Gasteiger partial charge in [-0.2, -0.15) is 0 Å². The zero-order chi connectivity index (χ0) is 22.0. The third-order valence-electron chi connectivity index (χ3n) is 5.69. The highest BCUT2D eigenvalue weighted by Crippen LogP contribution is 2.37. The Morgan fingerprint density at radius 2 is 1.45 bits per heavy atom. The monoisotopic (exact) mass is 424 g/mol. The Bertz CT molecular complexity index is 1040. The van der Waals surface area contributed by atoms with Gasteiger partial charge in [0.1, 0.15) is 19.3 Å². The molecule has 0 bridgehead atoms. The average Bonchev–Trinajstić information content (AvgIpc) is 3.46. The van der Waals surface area contributed by atoms with Gasteiger partial charge in [0, 0.05) is 24.3 Å². The number of benzene rings is 2. The molecule has 0 radical (unpaired) electrons. The van der Waals surface area contributed by atoms with Gasteiger partial charge in [-0.05, 0) is 47.2 Å². The topological polar surface area (TPSA) is 106 Å². The Morgan fingerprint density at radius 3 is 2.00 bits per heavy atom. The summed E-state index contributed by atoms with van der Waals surface area (Å²) in [6.45, 7) is 5.21. The van der Waals surface area contributed by atoms with E-state index in [0.717, 1.165) is 40.0 Å². The number of cyclic esters (lactones) is 2. The Kier molecular flexibility index (Phi) is 6.18. The summed E-state index contributed by atoms with van der Waals surface area (Å²) in [5.74, 6) is -0.544. The fourth-order valence-corrected chi connectivity index (χ4v) is 4.10. The number of rotatable bonds is 6. The molecule has 2 aromatic carbocycles. The van der Waals surface area contributed by atoms with Crippen molar-refractivity contribution in [2.24, 2.45) is 0 Å². The van der Waals surface area contributed by atoms with Gasteiger partial charge in [0.15, 0.2) is 0 Å². The average molecular weight is 424 g/mol. The lowest BCUT2D eigenvalue weighted by Crippen LogP contribution is -2.03. The SMILES string of the molecule is C=Cc1ccc2c(c1CCO)COC2=O.O=C1OCc2c1ccc(C1CO1)c2CCO. The van der Waals surface area contributed by atoms with Crippen molar-refractivity contribution in [3.63, 3.8) is 0 Å². The van der Waals surface area contributed by atoms with Crippen LogP contribution in [0, 0.1) is 0 Å². The minimum atomic E-state index is -0.278. The van der Waals surface area contributed by atoms with E-state index in [4.69, 9.17) is 24.4 Å². The molecule has 0 aliphatic carbocycles. The Hall–Kier alpha value is -3.00. The molecule has 3 heterocycles. The van der Waals surface area contributed by atoms with E-state index in [2.05, 4.69) is 6.58 Å². The quantitative estimate of drug-likeness (QED) is 0.542. The van der Waals surface area contributed by atoms with Gasteiger partial charge in [-0.15, -0.1) is 0 Å². The van der Waals surface area contributed by atoms with Crippen LogP contribution in [0.4, 0.5) is 0 Å². The number of fused-ring (bicyclic) bond motifs is 2. The van der Waals surface area contributed by atoms with Crippen LogP contribution in [0.1, 0.15) is 60.2 Å². The summed E-state index contributed by atoms with van der Waals surface area (Å²) >= 11 is 0. The predicted octanol–water partition coefficient (Wildman–Crippen LogP) is 2.50. The van der Waals surface area contributed by atoms with Gasteiger partial charge < -0.3 is 24.4 Å². The van der Waals surface area contributed by atoms with Gasteiger partial charge in [0.05, 0.1) is 17.7 Å². The van der Waals surface area contributed by atoms with E-state index in [-0.39, 0.29) is 31.3 Å². The lowest BCUT2D eigenvalue weighted by atomic mass is 9.94. The second-order valence-electron chi connectivity index (χ2n) is 7.44. The number of carbonyl (C=O) groups is 2. The molecule has 2 N–H and O–H groups in total. The van der Waals surface area contributed by atoms with Crippen molar-refractivity contribution in [1.29, 1.82) is 0 Å². The van der Waals surface area contributed by atoms with Crippen LogP contribution in [0.15, 0.2) is 30.8 Å². The molecular weight excluding hydrogens is 400 g/mol. The molecule has 162 valence electrons. The maximum Gasteiger partial charge on any atom is 0.338 e. The molecule has 0 spiro atoms. The zero-order valence-corrected chi connectivity index (χ0v) is 17.1. The van der Waals surface area contributed by atoms with Crippen molar-refractivity contribution in [3.05, 3.63) is 75.4 Å². The molecule has 0 amide bonds. The van der Waals surface area contributed by atoms with E-state index < -0.39 is 0 Å². The van der Waals surface area contributed by atoms with Crippen molar-refractivity contribution in [2.75, 3.05) is 19.8 Å². The van der Waals surface area contributed by atoms with Gasteiger partial charge in [0.2, 0.25) is 0 Å². The van der Waals surface area contributed by atoms with Crippen molar-refractivity contribution in [2.45, 2.75) is 32.2 Å². The summed E-state index contributed by atoms with van der Waals surface area (Å²) in [5, 5.41) is 18.1. The number of aliphatic hydroxyl groups excluding tert-OH is 2. The van der Waals surface area contributed by atoms with Gasteiger partial charge in [-0.25, -0.2) is 9.59 Å². The summed E-state index contributed by atoms with van der Waals surface area (Å²) in [4.78, 5) is 22.7. The number of esters is 2. The lowest BCUT2D eigenvalue weighted by molar-refractivity contribution is 0.0525. The van der Waals surface area contributed by atoms with Crippen molar-refractivity contribution in [3.8, 4) is 0 Å². The van der Waals surface area contributed by atoms with Crippen LogP contribution >= 0.6 is 0 Å². The summed E-state index contributed by atoms with van der Waals surface area (Å²) in [5.41, 5.74) is 7.10. The molecule has 7 nitrogen and oxygen atoms in total. The number of epoxide rings is 1. The highest BCUT2D eigenvalue weighted by atomic mass is 16.6. The van der Waals surface area contributed by atoms with Crippen LogP contribution in [0.3, 0.4) is 0 Å². The zero-order valence-electron chi connectivity index (χ0n) is 17.1. The smallest absolute Gasteiger partial charge is 0.338 e. The largest absolute Gasteiger partial charge is 0.457 e. The summed E-state index contributed by atoms with van der Waals surface area (Å²) in [6, 6.07) is 7.29. The molecule has 0 saturated carbocycles. The van der Waals surface area contributed by atoms with Gasteiger partial charge in [-0.1, -0.05) is 24.8 Å². The number of ether oxygens (including phenoxy) is 3. The molecule has 7 heteroatoms. The fraction of sp³-hybridized carbons (Fsp3) is 0.333. The third kappa shape index (κ3) is 4.12. The molecule has 1 unspecified atom stereocenters. The Morgan fingerprint density at radius 1 is 0.903 bits per heavy atom. The maximum absolute atomic E-state index is 11.4. The van der Waals surface area contributed by atoms with Gasteiger partial charge in [-0.3, -0.25) is 0 Å². The van der Waals surface area contributed by atoms with Crippen LogP contribution < -0.4 is 0 Å². The van der Waals surface area contributed by atoms with Gasteiger partial charge >= 0.3 is 11.9 Å². The van der Waals surface area contributed by atoms with Crippen molar-refractivity contribution < 1.29 is 34.0 Å². The summed E-state index contributed by atoms with van der Waals surface area (Å²) in [7, 11) is 0. The standard InChI is InChI=1S/C12H12O4.C12H12O3/c13-4-3-7-8(11-6-15-11)1-2-9-10(7)5-16-12(9)14;1-2-8-3-4-10-11(7-15-12(10)14)9(8)5-6-13/h1-2,11,13H,3-6H2;2-4,13H,1,5-7H2. The lowest BCUT2D eigenvalue weighted by Gasteiger charge is -2.09. The van der Waals surface area contributed by atoms with E-state index in [1.54, 1.807) is 18.2 Å². The van der Waals surface area contributed by atoms with E-state index >= 15 is 0 Å². The highest BCUT2D eigenvalue weighted by molar-refractivity contribution is 5.94. The van der Waals surface area contributed by atoms with Crippen molar-refractivity contribution >= 4 is 18.0 Å². The summed E-state index contributed by atoms with van der Waals surface area (Å²) in [6.07, 6.45) is 2.95. The molecule has 5 rings (SSSR count). The molecule has 3 aliphatic rings. The summed E-state index contributed by atoms with van der Waals surface area (Å²) < 4.78 is 15.2. The molecule has 3 aliphatic heterocycles. The highest BCUT2D eigenvalue weighted by Gasteiger charge is 2.32. The Labute approximate surface area is 179 Å². The van der Waals surface area contributed by atoms with Gasteiger partial charge in [0.25, 0.3) is 0 Å². The van der Waals surface area contributed by atoms with Crippen LogP contribution in [-0.2, 0) is 40.3 Å². The maximum atomic E-state index is 11.4. The number of carbonyl (C=O) groups excluding carboxylic acids is 2. The minimum absolute atomic E-state index is 0.0610. The first-order valence-electron chi connectivity index (χ1n) is 10.2. The number of hydrogen-bond acceptors (Lipinski definition) is 7. The minimum Gasteiger partial charge on any atom is -0.457 e. The molecule has 1 saturated heterocycles. The van der Waals surface area contributed by atoms with E-state index in [1.807, 2.05) is 12.1 Å². The van der Waals surface area contributed by atoms with E-state index in [0.29, 0.717) is 37.2 Å². The van der Waals surface area contributed by atoms with E-state index in [9.17, 15) is 9.59 Å².